The number of amides is 1. The first-order valence-electron chi connectivity index (χ1n) is 10.7. The number of hydrogen-bond donors (Lipinski definition) is 1. The zero-order valence-electron chi connectivity index (χ0n) is 18.5. The average Bonchev–Trinajstić information content (AvgIpc) is 3.26. The molecule has 1 aliphatic heterocycles. The van der Waals surface area contributed by atoms with Crippen LogP contribution in [0.5, 0.6) is 0 Å². The van der Waals surface area contributed by atoms with Gasteiger partial charge in [-0.2, -0.15) is 4.31 Å². The number of sulfone groups is 1. The number of rotatable bonds is 7. The summed E-state index contributed by atoms with van der Waals surface area (Å²) < 4.78 is 55.5. The molecule has 0 aliphatic carbocycles. The summed E-state index contributed by atoms with van der Waals surface area (Å²) in [6.45, 7) is 1.01. The van der Waals surface area contributed by atoms with Gasteiger partial charge in [0.25, 0.3) is 5.91 Å². The quantitative estimate of drug-likeness (QED) is 0.518. The van der Waals surface area contributed by atoms with Crippen molar-refractivity contribution < 1.29 is 26.0 Å². The second kappa shape index (κ2) is 9.65. The molecule has 1 amide bonds. The molecular weight excluding hydrogens is 480 g/mol. The molecule has 0 bridgehead atoms. The van der Waals surface area contributed by atoms with Crippen molar-refractivity contribution in [3.05, 3.63) is 65.5 Å². The number of nitrogens with one attached hydrogen (secondary N) is 1. The van der Waals surface area contributed by atoms with Crippen LogP contribution >= 0.6 is 0 Å². The van der Waals surface area contributed by atoms with E-state index in [1.807, 2.05) is 0 Å². The second-order valence-corrected chi connectivity index (χ2v) is 12.0. The van der Waals surface area contributed by atoms with Crippen LogP contribution in [0.15, 0.2) is 62.7 Å². The summed E-state index contributed by atoms with van der Waals surface area (Å²) in [5, 5.41) is 10.2. The maximum Gasteiger partial charge on any atom is 0.322 e. The fourth-order valence-corrected chi connectivity index (χ4v) is 5.75. The predicted molar refractivity (Wildman–Crippen MR) is 124 cm³/mol. The smallest absolute Gasteiger partial charge is 0.322 e. The van der Waals surface area contributed by atoms with Gasteiger partial charge in [0.15, 0.2) is 9.84 Å². The van der Waals surface area contributed by atoms with Gasteiger partial charge in [-0.1, -0.05) is 23.7 Å². The first-order chi connectivity index (χ1) is 16.1. The van der Waals surface area contributed by atoms with Crippen LogP contribution in [-0.2, 0) is 26.3 Å². The van der Waals surface area contributed by atoms with Crippen LogP contribution in [0.1, 0.15) is 41.1 Å². The lowest BCUT2D eigenvalue weighted by molar-refractivity contribution is 0.102. The van der Waals surface area contributed by atoms with Gasteiger partial charge in [-0.25, -0.2) is 16.8 Å². The van der Waals surface area contributed by atoms with E-state index in [0.717, 1.165) is 31.1 Å². The molecule has 180 valence electrons. The van der Waals surface area contributed by atoms with Crippen molar-refractivity contribution in [2.24, 2.45) is 0 Å². The lowest BCUT2D eigenvalue weighted by Crippen LogP contribution is -2.35. The molecule has 1 N–H and O–H groups in total. The van der Waals surface area contributed by atoms with Crippen LogP contribution in [0, 0.1) is 0 Å². The number of nitrogens with zero attached hydrogens (tertiary/aromatic N) is 3. The van der Waals surface area contributed by atoms with E-state index in [4.69, 9.17) is 4.42 Å². The molecule has 0 radical (unpaired) electrons. The number of carbonyl (C=O) groups is 1. The summed E-state index contributed by atoms with van der Waals surface area (Å²) in [6.07, 6.45) is 4.11. The third-order valence-electron chi connectivity index (χ3n) is 5.46. The van der Waals surface area contributed by atoms with Crippen molar-refractivity contribution in [3.8, 4) is 0 Å². The molecule has 1 fully saturated rings. The Morgan fingerprint density at radius 1 is 0.912 bits per heavy atom. The van der Waals surface area contributed by atoms with Gasteiger partial charge in [0.1, 0.15) is 0 Å². The Hall–Kier alpha value is -3.09. The number of aromatic nitrogens is 2. The molecule has 2 heterocycles. The van der Waals surface area contributed by atoms with E-state index in [0.29, 0.717) is 13.1 Å². The summed E-state index contributed by atoms with van der Waals surface area (Å²) in [5.74, 6) is -0.278. The minimum absolute atomic E-state index is 0.0993. The molecule has 4 rings (SSSR count). The summed E-state index contributed by atoms with van der Waals surface area (Å²) in [4.78, 5) is 12.9. The molecule has 1 aromatic heterocycles. The molecule has 1 saturated heterocycles. The van der Waals surface area contributed by atoms with Crippen LogP contribution in [0.25, 0.3) is 0 Å². The highest BCUT2D eigenvalue weighted by atomic mass is 32.2. The van der Waals surface area contributed by atoms with Crippen LogP contribution in [-0.4, -0.2) is 56.6 Å². The Balaban J connectivity index is 1.39. The van der Waals surface area contributed by atoms with Crippen LogP contribution in [0.2, 0.25) is 0 Å². The van der Waals surface area contributed by atoms with E-state index in [9.17, 15) is 21.6 Å². The van der Waals surface area contributed by atoms with E-state index in [1.54, 1.807) is 12.1 Å². The minimum Gasteiger partial charge on any atom is -0.407 e. The summed E-state index contributed by atoms with van der Waals surface area (Å²) in [7, 11) is -6.85. The Bertz CT molecular complexity index is 1380. The van der Waals surface area contributed by atoms with Gasteiger partial charge < -0.3 is 4.42 Å². The molecule has 10 nitrogen and oxygen atoms in total. The normalized spacial score (nSPS) is 15.2. The van der Waals surface area contributed by atoms with Crippen LogP contribution in [0.3, 0.4) is 0 Å². The minimum atomic E-state index is -3.57. The molecule has 0 saturated carbocycles. The Morgan fingerprint density at radius 2 is 1.53 bits per heavy atom. The Labute approximate surface area is 198 Å². The van der Waals surface area contributed by atoms with Crippen molar-refractivity contribution in [2.75, 3.05) is 24.7 Å². The molecule has 0 unspecified atom stereocenters. The van der Waals surface area contributed by atoms with Crippen molar-refractivity contribution in [1.29, 1.82) is 0 Å². The van der Waals surface area contributed by atoms with Crippen molar-refractivity contribution in [3.63, 3.8) is 0 Å². The molecule has 34 heavy (non-hydrogen) atoms. The zero-order chi connectivity index (χ0) is 24.3. The standard InChI is InChI=1S/C22H24N4O6S2/c1-33(28,29)18-9-5-16(6-10-18)15-20-24-25-22(32-20)23-21(27)17-7-11-19(12-8-17)34(30,31)26-13-3-2-4-14-26/h5-12H,2-4,13-15H2,1H3,(H,23,25,27). The van der Waals surface area contributed by atoms with E-state index in [1.165, 1.54) is 40.7 Å². The SMILES string of the molecule is CS(=O)(=O)c1ccc(Cc2nnc(NC(=O)c3ccc(S(=O)(=O)N4CCCCC4)cc3)o2)cc1. The lowest BCUT2D eigenvalue weighted by Gasteiger charge is -2.25. The molecule has 2 aromatic carbocycles. The molecule has 3 aromatic rings. The van der Waals surface area contributed by atoms with Gasteiger partial charge in [-0.3, -0.25) is 10.1 Å². The molecule has 12 heteroatoms. The first-order valence-corrected chi connectivity index (χ1v) is 14.0. The molecule has 0 spiro atoms. The van der Waals surface area contributed by atoms with Gasteiger partial charge >= 0.3 is 6.01 Å². The zero-order valence-corrected chi connectivity index (χ0v) is 20.1. The van der Waals surface area contributed by atoms with E-state index in [-0.39, 0.29) is 33.7 Å². The second-order valence-electron chi connectivity index (χ2n) is 8.04. The Morgan fingerprint density at radius 3 is 2.15 bits per heavy atom. The first kappa shape index (κ1) is 24.0. The van der Waals surface area contributed by atoms with Crippen molar-refractivity contribution in [1.82, 2.24) is 14.5 Å². The maximum absolute atomic E-state index is 12.7. The summed E-state index contributed by atoms with van der Waals surface area (Å²) >= 11 is 0. The Kier molecular flexibility index (Phi) is 6.82. The average molecular weight is 505 g/mol. The summed E-state index contributed by atoms with van der Waals surface area (Å²) in [6, 6.07) is 11.9. The van der Waals surface area contributed by atoms with Gasteiger partial charge in [0.2, 0.25) is 15.9 Å². The van der Waals surface area contributed by atoms with E-state index >= 15 is 0 Å². The molecule has 0 atom stereocenters. The van der Waals surface area contributed by atoms with Gasteiger partial charge in [0.05, 0.1) is 16.2 Å². The van der Waals surface area contributed by atoms with Gasteiger partial charge in [0, 0.05) is 24.9 Å². The van der Waals surface area contributed by atoms with Crippen LogP contribution < -0.4 is 5.32 Å². The van der Waals surface area contributed by atoms with Gasteiger partial charge in [-0.15, -0.1) is 5.10 Å². The highest BCUT2D eigenvalue weighted by Crippen LogP contribution is 2.21. The predicted octanol–water partition coefficient (Wildman–Crippen LogP) is 2.49. The monoisotopic (exact) mass is 504 g/mol. The number of piperidine rings is 1. The number of sulfonamides is 1. The summed E-state index contributed by atoms with van der Waals surface area (Å²) in [5.41, 5.74) is 1.01. The maximum atomic E-state index is 12.7. The number of anilines is 1. The van der Waals surface area contributed by atoms with E-state index < -0.39 is 25.8 Å². The number of benzene rings is 2. The third-order valence-corrected chi connectivity index (χ3v) is 8.50. The fourth-order valence-electron chi connectivity index (χ4n) is 3.61. The highest BCUT2D eigenvalue weighted by molar-refractivity contribution is 7.90. The molecular formula is C22H24N4O6S2. The third kappa shape index (κ3) is 5.51. The number of carbonyl (C=O) groups excluding carboxylic acids is 1. The van der Waals surface area contributed by atoms with Crippen molar-refractivity contribution >= 4 is 31.8 Å². The topological polar surface area (TPSA) is 140 Å². The van der Waals surface area contributed by atoms with Crippen molar-refractivity contribution in [2.45, 2.75) is 35.5 Å². The van der Waals surface area contributed by atoms with Crippen LogP contribution in [0.4, 0.5) is 6.01 Å². The number of hydrogen-bond acceptors (Lipinski definition) is 8. The lowest BCUT2D eigenvalue weighted by atomic mass is 10.1. The fraction of sp³-hybridized carbons (Fsp3) is 0.318. The largest absolute Gasteiger partial charge is 0.407 e. The molecule has 1 aliphatic rings. The van der Waals surface area contributed by atoms with E-state index in [2.05, 4.69) is 15.5 Å². The van der Waals surface area contributed by atoms with Gasteiger partial charge in [-0.05, 0) is 54.8 Å². The highest BCUT2D eigenvalue weighted by Gasteiger charge is 2.26.